The van der Waals surface area contributed by atoms with E-state index in [1.807, 2.05) is 21.1 Å². The highest BCUT2D eigenvalue weighted by Gasteiger charge is 2.26. The number of halogens is 2. The SMILES string of the molecule is C[N+](C)(C)B(Cl)Cl. The van der Waals surface area contributed by atoms with E-state index in [0.29, 0.717) is 4.39 Å². The Bertz CT molecular complexity index is 58.4. The summed E-state index contributed by atoms with van der Waals surface area (Å²) in [5.41, 5.74) is -0.319. The van der Waals surface area contributed by atoms with E-state index in [9.17, 15) is 0 Å². The quantitative estimate of drug-likeness (QED) is 0.480. The van der Waals surface area contributed by atoms with Gasteiger partial charge in [-0.1, -0.05) is 22.9 Å². The van der Waals surface area contributed by atoms with Crippen LogP contribution < -0.4 is 0 Å². The molecule has 0 fully saturated rings. The second kappa shape index (κ2) is 2.25. The van der Waals surface area contributed by atoms with Crippen LogP contribution >= 0.6 is 22.9 Å². The smallest absolute Gasteiger partial charge is 0.372 e. The Kier molecular flexibility index (Phi) is 2.44. The Hall–Kier alpha value is 0.605. The molecule has 1 nitrogen and oxygen atoms in total. The lowest BCUT2D eigenvalue weighted by molar-refractivity contribution is -0.755. The molecule has 0 atom stereocenters. The maximum atomic E-state index is 5.49. The van der Waals surface area contributed by atoms with E-state index in [1.165, 1.54) is 0 Å². The van der Waals surface area contributed by atoms with Crippen molar-refractivity contribution in [1.82, 2.24) is 0 Å². The van der Waals surface area contributed by atoms with Crippen LogP contribution in [0.1, 0.15) is 0 Å². The predicted octanol–water partition coefficient (Wildman–Crippen LogP) is 1.16. The standard InChI is InChI=1S/C3H9BCl2N/c1-7(2,3)4(5)6/h1-3H3/q+1. The molecule has 0 spiro atoms. The largest absolute Gasteiger partial charge is 0.622 e. The average Bonchev–Trinajstić information content (AvgIpc) is 1.31. The summed E-state index contributed by atoms with van der Waals surface area (Å²) < 4.78 is 0.586. The maximum absolute atomic E-state index is 5.49. The fraction of sp³-hybridized carbons (Fsp3) is 1.00. The van der Waals surface area contributed by atoms with E-state index in [2.05, 4.69) is 0 Å². The fourth-order valence-corrected chi connectivity index (χ4v) is 0. The Morgan fingerprint density at radius 1 is 1.14 bits per heavy atom. The van der Waals surface area contributed by atoms with Gasteiger partial charge in [0.15, 0.2) is 0 Å². The fourth-order valence-electron chi connectivity index (χ4n) is 0. The molecule has 0 heterocycles. The molecule has 42 valence electrons. The Morgan fingerprint density at radius 2 is 1.29 bits per heavy atom. The third-order valence-electron chi connectivity index (χ3n) is 0.586. The third-order valence-corrected chi connectivity index (χ3v) is 1.76. The Morgan fingerprint density at radius 3 is 1.29 bits per heavy atom. The lowest BCUT2D eigenvalue weighted by atomic mass is 10.2. The Balaban J connectivity index is 3.54. The summed E-state index contributed by atoms with van der Waals surface area (Å²) in [5.74, 6) is 0. The molecule has 0 saturated heterocycles. The first kappa shape index (κ1) is 7.60. The van der Waals surface area contributed by atoms with Crippen molar-refractivity contribution in [3.63, 3.8) is 0 Å². The zero-order chi connectivity index (χ0) is 6.08. The highest BCUT2D eigenvalue weighted by atomic mass is 35.5. The molecule has 0 N–H and O–H groups in total. The van der Waals surface area contributed by atoms with Gasteiger partial charge in [-0.15, -0.1) is 0 Å². The van der Waals surface area contributed by atoms with Crippen LogP contribution in [0.25, 0.3) is 0 Å². The van der Waals surface area contributed by atoms with Crippen molar-refractivity contribution in [1.29, 1.82) is 0 Å². The van der Waals surface area contributed by atoms with E-state index in [4.69, 9.17) is 22.9 Å². The third kappa shape index (κ3) is 3.21. The zero-order valence-corrected chi connectivity index (χ0v) is 6.29. The van der Waals surface area contributed by atoms with Crippen LogP contribution in [0.3, 0.4) is 0 Å². The molecule has 0 unspecified atom stereocenters. The number of hydrogen-bond donors (Lipinski definition) is 0. The molecule has 4 heteroatoms. The van der Waals surface area contributed by atoms with Gasteiger partial charge in [0.1, 0.15) is 0 Å². The van der Waals surface area contributed by atoms with Crippen molar-refractivity contribution in [2.45, 2.75) is 0 Å². The molecule has 0 saturated carbocycles. The number of rotatable bonds is 1. The van der Waals surface area contributed by atoms with Gasteiger partial charge in [0.05, 0.1) is 21.1 Å². The molecular formula is C3H9BCl2N+. The monoisotopic (exact) mass is 140 g/mol. The van der Waals surface area contributed by atoms with Gasteiger partial charge >= 0.3 is 5.68 Å². The normalized spacial score (nSPS) is 11.6. The summed E-state index contributed by atoms with van der Waals surface area (Å²) in [6, 6.07) is 0. The molecule has 0 aromatic heterocycles. The van der Waals surface area contributed by atoms with Gasteiger partial charge in [0.25, 0.3) is 0 Å². The molecule has 0 aliphatic rings. The first-order chi connectivity index (χ1) is 2.94. The van der Waals surface area contributed by atoms with Crippen molar-refractivity contribution in [2.75, 3.05) is 21.1 Å². The van der Waals surface area contributed by atoms with Gasteiger partial charge in [-0.2, -0.15) is 0 Å². The zero-order valence-electron chi connectivity index (χ0n) is 4.78. The first-order valence-electron chi connectivity index (χ1n) is 2.04. The molecule has 0 aliphatic heterocycles. The van der Waals surface area contributed by atoms with E-state index in [0.717, 1.165) is 0 Å². The van der Waals surface area contributed by atoms with Crippen LogP contribution in [0.2, 0.25) is 0 Å². The molecule has 0 bridgehead atoms. The molecule has 0 aromatic carbocycles. The van der Waals surface area contributed by atoms with E-state index in [-0.39, 0.29) is 5.68 Å². The maximum Gasteiger partial charge on any atom is 0.622 e. The van der Waals surface area contributed by atoms with Crippen LogP contribution in [0, 0.1) is 0 Å². The van der Waals surface area contributed by atoms with E-state index >= 15 is 0 Å². The molecule has 0 aromatic rings. The lowest BCUT2D eigenvalue weighted by Crippen LogP contribution is -2.41. The van der Waals surface area contributed by atoms with Gasteiger partial charge in [-0.05, 0) is 0 Å². The van der Waals surface area contributed by atoms with E-state index in [1.54, 1.807) is 0 Å². The number of hydrogen-bond acceptors (Lipinski definition) is 0. The molecule has 0 rings (SSSR count). The number of quaternary nitrogens is 1. The van der Waals surface area contributed by atoms with Gasteiger partial charge < -0.3 is 4.39 Å². The van der Waals surface area contributed by atoms with Crippen LogP contribution in [-0.4, -0.2) is 31.2 Å². The van der Waals surface area contributed by atoms with Crippen molar-refractivity contribution in [3.8, 4) is 0 Å². The van der Waals surface area contributed by atoms with Crippen LogP contribution in [-0.2, 0) is 0 Å². The summed E-state index contributed by atoms with van der Waals surface area (Å²) in [7, 11) is 5.81. The minimum Gasteiger partial charge on any atom is -0.372 e. The summed E-state index contributed by atoms with van der Waals surface area (Å²) >= 11 is 11.0. The summed E-state index contributed by atoms with van der Waals surface area (Å²) in [6.07, 6.45) is 0. The second-order valence-corrected chi connectivity index (χ2v) is 3.44. The minimum absolute atomic E-state index is 0.319. The second-order valence-electron chi connectivity index (χ2n) is 2.39. The predicted molar refractivity (Wildman–Crippen MR) is 35.5 cm³/mol. The lowest BCUT2D eigenvalue weighted by Gasteiger charge is -2.22. The van der Waals surface area contributed by atoms with E-state index < -0.39 is 0 Å². The van der Waals surface area contributed by atoms with Crippen molar-refractivity contribution in [2.24, 2.45) is 0 Å². The number of nitrogens with zero attached hydrogens (tertiary/aromatic N) is 1. The van der Waals surface area contributed by atoms with Crippen molar-refractivity contribution >= 4 is 28.6 Å². The highest BCUT2D eigenvalue weighted by Crippen LogP contribution is 2.05. The average molecular weight is 141 g/mol. The topological polar surface area (TPSA) is 0 Å². The van der Waals surface area contributed by atoms with Gasteiger partial charge in [0, 0.05) is 0 Å². The summed E-state index contributed by atoms with van der Waals surface area (Å²) in [6.45, 7) is 0. The minimum atomic E-state index is -0.319. The first-order valence-corrected chi connectivity index (χ1v) is 2.91. The van der Waals surface area contributed by atoms with Crippen molar-refractivity contribution < 1.29 is 4.39 Å². The van der Waals surface area contributed by atoms with Gasteiger partial charge in [-0.25, -0.2) is 0 Å². The van der Waals surface area contributed by atoms with Crippen LogP contribution in [0.4, 0.5) is 0 Å². The molecule has 7 heavy (non-hydrogen) atoms. The van der Waals surface area contributed by atoms with Gasteiger partial charge in [0.2, 0.25) is 0 Å². The molecule has 0 radical (unpaired) electrons. The van der Waals surface area contributed by atoms with Crippen molar-refractivity contribution in [3.05, 3.63) is 0 Å². The molecule has 0 aliphatic carbocycles. The highest BCUT2D eigenvalue weighted by molar-refractivity contribution is 7.30. The van der Waals surface area contributed by atoms with Crippen LogP contribution in [0.15, 0.2) is 0 Å². The molecule has 0 amide bonds. The van der Waals surface area contributed by atoms with Crippen LogP contribution in [0.5, 0.6) is 0 Å². The molecular weight excluding hydrogens is 132 g/mol. The summed E-state index contributed by atoms with van der Waals surface area (Å²) in [5, 5.41) is 0. The Labute approximate surface area is 54.7 Å². The van der Waals surface area contributed by atoms with Gasteiger partial charge in [-0.3, -0.25) is 0 Å². The summed E-state index contributed by atoms with van der Waals surface area (Å²) in [4.78, 5) is 0.